The molecule has 0 radical (unpaired) electrons. The van der Waals surface area contributed by atoms with Crippen molar-refractivity contribution < 1.29 is 8.78 Å². The first-order valence-electron chi connectivity index (χ1n) is 23.0. The van der Waals surface area contributed by atoms with Crippen molar-refractivity contribution in [2.75, 3.05) is 9.80 Å². The van der Waals surface area contributed by atoms with Crippen LogP contribution in [-0.2, 0) is 0 Å². The van der Waals surface area contributed by atoms with Gasteiger partial charge in [-0.15, -0.1) is 22.7 Å². The number of fused-ring (bicyclic) bond motifs is 15. The standard InChI is InChI=1S/C62H35F2N3S2/c63-39-12-7-14-41(34-39)65(53-21-9-19-48-45-17-3-5-23-56(45)68-61(48)53)43-27-25-37-32-50-47-28-30-52(59-58-44-16-2-1-11-36(44)26-29-51(58)67(60(47)59)55(50)33-38(37)31-43)66(42-15-8-13-40(64)35-42)54-22-10-20-49-46-18-4-6-24-57(46)69-62(49)54/h1-35H. The molecular formula is C62H35F2N3S2. The largest absolute Gasteiger partial charge is 0.309 e. The minimum Gasteiger partial charge on any atom is -0.309 e. The zero-order valence-electron chi connectivity index (χ0n) is 36.6. The number of halogens is 2. The van der Waals surface area contributed by atoms with Gasteiger partial charge >= 0.3 is 0 Å². The summed E-state index contributed by atoms with van der Waals surface area (Å²) >= 11 is 3.54. The van der Waals surface area contributed by atoms with Crippen LogP contribution in [0.2, 0.25) is 0 Å². The first-order chi connectivity index (χ1) is 34.0. The predicted octanol–water partition coefficient (Wildman–Crippen LogP) is 19.1. The number of benzene rings is 11. The molecule has 69 heavy (non-hydrogen) atoms. The van der Waals surface area contributed by atoms with E-state index in [1.165, 1.54) is 43.1 Å². The smallest absolute Gasteiger partial charge is 0.125 e. The molecule has 0 amide bonds. The molecule has 0 aliphatic heterocycles. The fourth-order valence-electron chi connectivity index (χ4n) is 11.2. The van der Waals surface area contributed by atoms with Gasteiger partial charge in [-0.05, 0) is 119 Å². The second-order valence-electron chi connectivity index (χ2n) is 17.9. The van der Waals surface area contributed by atoms with E-state index in [1.54, 1.807) is 46.9 Å². The van der Waals surface area contributed by atoms with Crippen molar-refractivity contribution in [2.45, 2.75) is 0 Å². The Bertz CT molecular complexity index is 4620. The van der Waals surface area contributed by atoms with Crippen LogP contribution in [0, 0.1) is 11.6 Å². The Kier molecular flexibility index (Phi) is 8.18. The second-order valence-corrected chi connectivity index (χ2v) is 20.0. The molecule has 0 spiro atoms. The van der Waals surface area contributed by atoms with Crippen LogP contribution >= 0.6 is 22.7 Å². The number of rotatable bonds is 6. The molecule has 0 saturated heterocycles. The maximum atomic E-state index is 15.6. The van der Waals surface area contributed by atoms with Gasteiger partial charge in [-0.3, -0.25) is 0 Å². The summed E-state index contributed by atoms with van der Waals surface area (Å²) in [6, 6.07) is 72.7. The molecule has 3 nitrogen and oxygen atoms in total. The summed E-state index contributed by atoms with van der Waals surface area (Å²) in [5, 5.41) is 13.8. The van der Waals surface area contributed by atoms with Gasteiger partial charge < -0.3 is 14.2 Å². The van der Waals surface area contributed by atoms with Gasteiger partial charge in [0.25, 0.3) is 0 Å². The number of anilines is 6. The molecule has 0 unspecified atom stereocenters. The van der Waals surface area contributed by atoms with E-state index < -0.39 is 0 Å². The highest BCUT2D eigenvalue weighted by atomic mass is 32.1. The molecule has 11 aromatic carbocycles. The van der Waals surface area contributed by atoms with Crippen molar-refractivity contribution in [3.8, 4) is 0 Å². The fourth-order valence-corrected chi connectivity index (χ4v) is 13.7. The van der Waals surface area contributed by atoms with E-state index in [0.717, 1.165) is 103 Å². The lowest BCUT2D eigenvalue weighted by Crippen LogP contribution is -2.10. The number of hydrogen-bond donors (Lipinski definition) is 0. The van der Waals surface area contributed by atoms with E-state index in [0.29, 0.717) is 0 Å². The van der Waals surface area contributed by atoms with Crippen LogP contribution in [0.15, 0.2) is 212 Å². The molecule has 0 N–H and O–H groups in total. The van der Waals surface area contributed by atoms with Crippen molar-refractivity contribution in [1.82, 2.24) is 4.40 Å². The van der Waals surface area contributed by atoms with Gasteiger partial charge in [0.2, 0.25) is 0 Å². The number of hydrogen-bond acceptors (Lipinski definition) is 4. The van der Waals surface area contributed by atoms with Gasteiger partial charge in [-0.2, -0.15) is 0 Å². The van der Waals surface area contributed by atoms with E-state index in [2.05, 4.69) is 178 Å². The molecular weight excluding hydrogens is 889 g/mol. The summed E-state index contributed by atoms with van der Waals surface area (Å²) < 4.78 is 38.0. The lowest BCUT2D eigenvalue weighted by atomic mass is 9.99. The van der Waals surface area contributed by atoms with Crippen LogP contribution in [0.3, 0.4) is 0 Å². The summed E-state index contributed by atoms with van der Waals surface area (Å²) in [6.07, 6.45) is 0. The third-order valence-corrected chi connectivity index (χ3v) is 16.5. The molecule has 324 valence electrons. The molecule has 4 heterocycles. The van der Waals surface area contributed by atoms with Crippen molar-refractivity contribution in [2.24, 2.45) is 0 Å². The Balaban J connectivity index is 1.02. The van der Waals surface area contributed by atoms with Crippen molar-refractivity contribution in [3.05, 3.63) is 224 Å². The van der Waals surface area contributed by atoms with E-state index in [1.807, 2.05) is 12.1 Å². The topological polar surface area (TPSA) is 10.9 Å². The van der Waals surface area contributed by atoms with Gasteiger partial charge in [0, 0.05) is 69.6 Å². The number of thiophene rings is 2. The normalized spacial score (nSPS) is 12.2. The second kappa shape index (κ2) is 14.6. The minimum atomic E-state index is -0.291. The molecule has 0 saturated carbocycles. The third-order valence-electron chi connectivity index (χ3n) is 14.1. The molecule has 4 aromatic heterocycles. The highest BCUT2D eigenvalue weighted by molar-refractivity contribution is 7.26. The zero-order chi connectivity index (χ0) is 45.5. The zero-order valence-corrected chi connectivity index (χ0v) is 38.3. The highest BCUT2D eigenvalue weighted by Gasteiger charge is 2.27. The van der Waals surface area contributed by atoms with Crippen LogP contribution in [0.25, 0.3) is 100.0 Å². The van der Waals surface area contributed by atoms with Crippen molar-refractivity contribution in [1.29, 1.82) is 0 Å². The Morgan fingerprint density at radius 2 is 0.913 bits per heavy atom. The summed E-state index contributed by atoms with van der Waals surface area (Å²) in [5.74, 6) is -0.578. The Morgan fingerprint density at radius 3 is 1.61 bits per heavy atom. The van der Waals surface area contributed by atoms with Crippen LogP contribution in [0.1, 0.15) is 0 Å². The van der Waals surface area contributed by atoms with Crippen molar-refractivity contribution >= 4 is 157 Å². The van der Waals surface area contributed by atoms with E-state index in [9.17, 15) is 0 Å². The lowest BCUT2D eigenvalue weighted by Gasteiger charge is -2.27. The van der Waals surface area contributed by atoms with Crippen LogP contribution in [-0.4, -0.2) is 4.40 Å². The van der Waals surface area contributed by atoms with Crippen LogP contribution < -0.4 is 9.80 Å². The number of nitrogens with zero attached hydrogens (tertiary/aromatic N) is 3. The monoisotopic (exact) mass is 923 g/mol. The molecule has 0 fully saturated rings. The average Bonchev–Trinajstić information content (AvgIpc) is 4.14. The van der Waals surface area contributed by atoms with Gasteiger partial charge in [-0.1, -0.05) is 115 Å². The van der Waals surface area contributed by atoms with Crippen LogP contribution in [0.4, 0.5) is 42.9 Å². The fraction of sp³-hybridized carbons (Fsp3) is 0. The Morgan fingerprint density at radius 1 is 0.333 bits per heavy atom. The summed E-state index contributed by atoms with van der Waals surface area (Å²) in [7, 11) is 0. The third kappa shape index (κ3) is 5.63. The quantitative estimate of drug-likeness (QED) is 0.165. The van der Waals surface area contributed by atoms with Gasteiger partial charge in [0.05, 0.1) is 43.0 Å². The summed E-state index contributed by atoms with van der Waals surface area (Å²) in [6.45, 7) is 0. The van der Waals surface area contributed by atoms with Gasteiger partial charge in [0.1, 0.15) is 11.6 Å². The summed E-state index contributed by atoms with van der Waals surface area (Å²) in [4.78, 5) is 4.47. The van der Waals surface area contributed by atoms with Crippen molar-refractivity contribution in [3.63, 3.8) is 0 Å². The highest BCUT2D eigenvalue weighted by Crippen LogP contribution is 2.52. The molecule has 0 aliphatic rings. The maximum Gasteiger partial charge on any atom is 0.125 e. The Hall–Kier alpha value is -8.36. The molecule has 15 rings (SSSR count). The van der Waals surface area contributed by atoms with E-state index >= 15 is 8.78 Å². The molecule has 0 aliphatic carbocycles. The first-order valence-corrected chi connectivity index (χ1v) is 24.7. The Labute approximate surface area is 401 Å². The van der Waals surface area contributed by atoms with Crippen LogP contribution in [0.5, 0.6) is 0 Å². The first kappa shape index (κ1) is 38.7. The predicted molar refractivity (Wildman–Crippen MR) is 291 cm³/mol. The lowest BCUT2D eigenvalue weighted by molar-refractivity contribution is 0.627. The van der Waals surface area contributed by atoms with E-state index in [-0.39, 0.29) is 11.6 Å². The molecule has 0 bridgehead atoms. The number of aromatic nitrogens is 1. The average molecular weight is 924 g/mol. The molecule has 15 aromatic rings. The molecule has 0 atom stereocenters. The maximum absolute atomic E-state index is 15.6. The molecule has 7 heteroatoms. The van der Waals surface area contributed by atoms with Gasteiger partial charge in [-0.25, -0.2) is 8.78 Å². The SMILES string of the molecule is Fc1cccc(N(c2ccc3cc4c5ccc(N(c6cccc(F)c6)c6cccc7c6sc6ccccc67)c6c7c8ccccc8ccc7n(c4cc3c2)c56)c2cccc3c2sc2ccccc23)c1. The van der Waals surface area contributed by atoms with Gasteiger partial charge in [0.15, 0.2) is 0 Å². The van der Waals surface area contributed by atoms with E-state index in [4.69, 9.17) is 0 Å². The summed E-state index contributed by atoms with van der Waals surface area (Å²) in [5.41, 5.74) is 8.72. The minimum absolute atomic E-state index is 0.288.